The van der Waals surface area contributed by atoms with Crippen LogP contribution in [0.3, 0.4) is 0 Å². The molecule has 182 valence electrons. The average Bonchev–Trinajstić information content (AvgIpc) is 3.47. The van der Waals surface area contributed by atoms with E-state index in [1.807, 2.05) is 29.3 Å². The maximum absolute atomic E-state index is 12.4. The lowest BCUT2D eigenvalue weighted by Gasteiger charge is -2.30. The van der Waals surface area contributed by atoms with Crippen molar-refractivity contribution < 1.29 is 14.3 Å². The molecule has 0 aliphatic carbocycles. The highest BCUT2D eigenvalue weighted by Gasteiger charge is 2.25. The first-order valence-corrected chi connectivity index (χ1v) is 12.7. The number of aromatic nitrogens is 1. The number of carbonyl (C=O) groups is 2. The number of hydrogen-bond donors (Lipinski definition) is 2. The van der Waals surface area contributed by atoms with Gasteiger partial charge in [-0.1, -0.05) is 6.58 Å². The van der Waals surface area contributed by atoms with E-state index in [-0.39, 0.29) is 18.0 Å². The number of rotatable bonds is 7. The van der Waals surface area contributed by atoms with E-state index in [1.54, 1.807) is 0 Å². The lowest BCUT2D eigenvalue weighted by molar-refractivity contribution is -0.125. The first-order valence-electron chi connectivity index (χ1n) is 11.8. The molecule has 0 bridgehead atoms. The van der Waals surface area contributed by atoms with Crippen LogP contribution in [-0.4, -0.2) is 72.6 Å². The van der Waals surface area contributed by atoms with Gasteiger partial charge in [0.05, 0.1) is 6.61 Å². The Morgan fingerprint density at radius 1 is 1.29 bits per heavy atom. The van der Waals surface area contributed by atoms with Gasteiger partial charge in [0.15, 0.2) is 0 Å². The molecule has 2 fully saturated rings. The molecular weight excluding hydrogens is 450 g/mol. The van der Waals surface area contributed by atoms with E-state index in [9.17, 15) is 9.59 Å². The van der Waals surface area contributed by atoms with Crippen LogP contribution in [0.15, 0.2) is 36.2 Å². The first kappa shape index (κ1) is 24.2. The van der Waals surface area contributed by atoms with Gasteiger partial charge in [0.2, 0.25) is 5.91 Å². The van der Waals surface area contributed by atoms with Crippen molar-refractivity contribution >= 4 is 29.1 Å². The van der Waals surface area contributed by atoms with Crippen LogP contribution in [0.1, 0.15) is 24.8 Å². The van der Waals surface area contributed by atoms with Crippen LogP contribution in [-0.2, 0) is 4.79 Å². The second-order valence-electron chi connectivity index (χ2n) is 9.17. The largest absolute Gasteiger partial charge is 0.493 e. The van der Waals surface area contributed by atoms with Crippen molar-refractivity contribution in [3.05, 3.63) is 41.8 Å². The van der Waals surface area contributed by atoms with Gasteiger partial charge in [-0.2, -0.15) is 0 Å². The van der Waals surface area contributed by atoms with E-state index in [1.165, 1.54) is 17.4 Å². The molecule has 3 amide bonds. The van der Waals surface area contributed by atoms with Gasteiger partial charge in [-0.3, -0.25) is 10.1 Å². The maximum Gasteiger partial charge on any atom is 0.320 e. The summed E-state index contributed by atoms with van der Waals surface area (Å²) < 4.78 is 6.06. The molecule has 1 aromatic heterocycles. The summed E-state index contributed by atoms with van der Waals surface area (Å²) in [6.45, 7) is 9.57. The van der Waals surface area contributed by atoms with E-state index < -0.39 is 0 Å². The van der Waals surface area contributed by atoms with Crippen LogP contribution in [0.25, 0.3) is 10.6 Å². The number of aryl methyl sites for hydroxylation is 1. The van der Waals surface area contributed by atoms with Crippen LogP contribution in [0.2, 0.25) is 0 Å². The molecule has 0 spiro atoms. The Morgan fingerprint density at radius 2 is 2.15 bits per heavy atom. The molecule has 2 saturated heterocycles. The summed E-state index contributed by atoms with van der Waals surface area (Å²) >= 11 is 1.50. The van der Waals surface area contributed by atoms with Gasteiger partial charge < -0.3 is 19.9 Å². The summed E-state index contributed by atoms with van der Waals surface area (Å²) in [6, 6.07) is 5.97. The molecule has 0 unspecified atom stereocenters. The number of amides is 3. The Kier molecular flexibility index (Phi) is 7.84. The van der Waals surface area contributed by atoms with Gasteiger partial charge in [-0.25, -0.2) is 9.78 Å². The van der Waals surface area contributed by atoms with Crippen molar-refractivity contribution in [2.45, 2.75) is 32.2 Å². The molecule has 4 rings (SSSR count). The number of nitrogens with one attached hydrogen (secondary N) is 2. The molecule has 1 aromatic carbocycles. The zero-order valence-corrected chi connectivity index (χ0v) is 20.7. The SMILES string of the molecule is C=CC(=O)N1CC[C@H](COc2ccc(-c3nc(NC(=O)N[C@H]4CCCN(C)C4)cs3)cc2C)C1. The first-order chi connectivity index (χ1) is 16.4. The lowest BCUT2D eigenvalue weighted by atomic mass is 10.1. The number of urea groups is 1. The molecule has 34 heavy (non-hydrogen) atoms. The van der Waals surface area contributed by atoms with E-state index in [0.717, 1.165) is 60.8 Å². The molecule has 2 N–H and O–H groups in total. The van der Waals surface area contributed by atoms with Crippen LogP contribution < -0.4 is 15.4 Å². The van der Waals surface area contributed by atoms with Gasteiger partial charge in [0.25, 0.3) is 0 Å². The minimum atomic E-state index is -0.211. The van der Waals surface area contributed by atoms with Crippen molar-refractivity contribution in [1.29, 1.82) is 0 Å². The van der Waals surface area contributed by atoms with Crippen LogP contribution >= 0.6 is 11.3 Å². The summed E-state index contributed by atoms with van der Waals surface area (Å²) in [4.78, 5) is 32.8. The van der Waals surface area contributed by atoms with Crippen molar-refractivity contribution in [3.8, 4) is 16.3 Å². The zero-order valence-electron chi connectivity index (χ0n) is 19.9. The molecule has 9 heteroatoms. The number of anilines is 1. The topological polar surface area (TPSA) is 86.8 Å². The lowest BCUT2D eigenvalue weighted by Crippen LogP contribution is -2.47. The van der Waals surface area contributed by atoms with Crippen LogP contribution in [0, 0.1) is 12.8 Å². The van der Waals surface area contributed by atoms with Crippen molar-refractivity contribution in [3.63, 3.8) is 0 Å². The number of benzene rings is 1. The van der Waals surface area contributed by atoms with E-state index in [4.69, 9.17) is 4.74 Å². The second-order valence-corrected chi connectivity index (χ2v) is 10.0. The third kappa shape index (κ3) is 6.15. The number of nitrogens with zero attached hydrogens (tertiary/aromatic N) is 3. The number of thiazole rings is 1. The van der Waals surface area contributed by atoms with Gasteiger partial charge in [0, 0.05) is 42.5 Å². The highest BCUT2D eigenvalue weighted by Crippen LogP contribution is 2.30. The van der Waals surface area contributed by atoms with Crippen molar-refractivity contribution in [2.75, 3.05) is 45.2 Å². The number of hydrogen-bond acceptors (Lipinski definition) is 6. The smallest absolute Gasteiger partial charge is 0.320 e. The van der Waals surface area contributed by atoms with Crippen LogP contribution in [0.5, 0.6) is 5.75 Å². The monoisotopic (exact) mass is 483 g/mol. The van der Waals surface area contributed by atoms with Crippen molar-refractivity contribution in [2.24, 2.45) is 5.92 Å². The highest BCUT2D eigenvalue weighted by molar-refractivity contribution is 7.13. The minimum absolute atomic E-state index is 0.0144. The maximum atomic E-state index is 12.4. The standard InChI is InChI=1S/C25H33N5O3S/c1-4-23(31)30-11-9-18(13-30)15-33-21-8-7-19(12-17(21)2)24-27-22(16-34-24)28-25(32)26-20-6-5-10-29(3)14-20/h4,7-8,12,16,18,20H,1,5-6,9-11,13-15H2,2-3H3,(H2,26,28,32)/t18-,20-/m0/s1. The average molecular weight is 484 g/mol. The summed E-state index contributed by atoms with van der Waals surface area (Å²) in [6.07, 6.45) is 4.40. The Hall–Kier alpha value is -2.91. The Morgan fingerprint density at radius 3 is 2.91 bits per heavy atom. The molecule has 0 radical (unpaired) electrons. The Balaban J connectivity index is 1.29. The predicted molar refractivity (Wildman–Crippen MR) is 135 cm³/mol. The fraction of sp³-hybridized carbons (Fsp3) is 0.480. The quantitative estimate of drug-likeness (QED) is 0.586. The molecule has 2 aliphatic rings. The second kappa shape index (κ2) is 11.0. The van der Waals surface area contributed by atoms with Gasteiger partial charge >= 0.3 is 6.03 Å². The Labute approximate surface area is 205 Å². The Bertz CT molecular complexity index is 1040. The van der Waals surface area contributed by atoms with Gasteiger partial charge in [0.1, 0.15) is 16.6 Å². The minimum Gasteiger partial charge on any atom is -0.493 e. The highest BCUT2D eigenvalue weighted by atomic mass is 32.1. The van der Waals surface area contributed by atoms with Crippen molar-refractivity contribution in [1.82, 2.24) is 20.1 Å². The van der Waals surface area contributed by atoms with Crippen LogP contribution in [0.4, 0.5) is 10.6 Å². The number of ether oxygens (including phenoxy) is 1. The number of carbonyl (C=O) groups excluding carboxylic acids is 2. The molecule has 3 heterocycles. The number of likely N-dealkylation sites (tertiary alicyclic amines) is 2. The fourth-order valence-electron chi connectivity index (χ4n) is 4.54. The molecule has 0 saturated carbocycles. The van der Waals surface area contributed by atoms with E-state index >= 15 is 0 Å². The summed E-state index contributed by atoms with van der Waals surface area (Å²) in [5.41, 5.74) is 2.01. The fourth-order valence-corrected chi connectivity index (χ4v) is 5.28. The van der Waals surface area contributed by atoms with Gasteiger partial charge in [-0.15, -0.1) is 11.3 Å². The van der Waals surface area contributed by atoms with Gasteiger partial charge in [-0.05, 0) is 69.6 Å². The van der Waals surface area contributed by atoms with E-state index in [0.29, 0.717) is 24.9 Å². The molecule has 8 nitrogen and oxygen atoms in total. The zero-order chi connectivity index (χ0) is 24.1. The number of likely N-dealkylation sites (N-methyl/N-ethyl adjacent to an activating group) is 1. The molecular formula is C25H33N5O3S. The molecule has 2 aliphatic heterocycles. The summed E-state index contributed by atoms with van der Waals surface area (Å²) in [7, 11) is 2.07. The molecule has 2 aromatic rings. The summed E-state index contributed by atoms with van der Waals surface area (Å²) in [5, 5.41) is 8.61. The molecule has 2 atom stereocenters. The normalized spacial score (nSPS) is 20.7. The third-order valence-corrected chi connectivity index (χ3v) is 7.27. The van der Waals surface area contributed by atoms with E-state index in [2.05, 4.69) is 40.2 Å². The summed E-state index contributed by atoms with van der Waals surface area (Å²) in [5.74, 6) is 1.71. The number of piperidine rings is 1. The third-order valence-electron chi connectivity index (χ3n) is 6.37. The predicted octanol–water partition coefficient (Wildman–Crippen LogP) is 3.75.